The summed E-state index contributed by atoms with van der Waals surface area (Å²) in [6.07, 6.45) is -4.34. The van der Waals surface area contributed by atoms with Gasteiger partial charge in [-0.2, -0.15) is 13.2 Å². The van der Waals surface area contributed by atoms with Crippen LogP contribution in [-0.4, -0.2) is 35.2 Å². The first-order chi connectivity index (χ1) is 9.81. The van der Waals surface area contributed by atoms with Crippen LogP contribution in [0.3, 0.4) is 0 Å². The molecule has 1 aromatic carbocycles. The van der Waals surface area contributed by atoms with Crippen LogP contribution in [-0.2, 0) is 6.54 Å². The van der Waals surface area contributed by atoms with E-state index in [0.717, 1.165) is 4.90 Å². The van der Waals surface area contributed by atoms with Gasteiger partial charge >= 0.3 is 12.1 Å². The molecule has 0 aliphatic carbocycles. The molecule has 21 heavy (non-hydrogen) atoms. The number of halogens is 3. The molecule has 0 saturated carbocycles. The summed E-state index contributed by atoms with van der Waals surface area (Å²) < 4.78 is 42.8. The summed E-state index contributed by atoms with van der Waals surface area (Å²) in [7, 11) is 0. The van der Waals surface area contributed by atoms with Crippen LogP contribution < -0.4 is 0 Å². The highest BCUT2D eigenvalue weighted by atomic mass is 19.4. The lowest BCUT2D eigenvalue weighted by molar-refractivity contribution is -0.147. The largest absolute Gasteiger partial charge is 0.478 e. The molecule has 0 fully saturated rings. The highest BCUT2D eigenvalue weighted by molar-refractivity contribution is 6.03. The quantitative estimate of drug-likeness (QED) is 0.918. The molecule has 114 valence electrons. The second-order valence-corrected chi connectivity index (χ2v) is 4.62. The van der Waals surface area contributed by atoms with Crippen LogP contribution in [0.5, 0.6) is 0 Å². The van der Waals surface area contributed by atoms with Crippen LogP contribution in [0.25, 0.3) is 11.0 Å². The maximum Gasteiger partial charge on any atom is 0.401 e. The van der Waals surface area contributed by atoms with Crippen LogP contribution in [0.1, 0.15) is 23.0 Å². The predicted octanol–water partition coefficient (Wildman–Crippen LogP) is 3.52. The number of aromatic carboxylic acids is 1. The van der Waals surface area contributed by atoms with Gasteiger partial charge in [0.2, 0.25) is 0 Å². The summed E-state index contributed by atoms with van der Waals surface area (Å²) in [5, 5.41) is 9.66. The topological polar surface area (TPSA) is 53.7 Å². The normalized spacial score (nSPS) is 12.2. The fourth-order valence-corrected chi connectivity index (χ4v) is 2.18. The Hall–Kier alpha value is -2.02. The van der Waals surface area contributed by atoms with E-state index >= 15 is 0 Å². The predicted molar refractivity (Wildman–Crippen MR) is 70.2 cm³/mol. The van der Waals surface area contributed by atoms with E-state index in [-0.39, 0.29) is 24.4 Å². The summed E-state index contributed by atoms with van der Waals surface area (Å²) >= 11 is 0. The minimum atomic E-state index is -4.34. The van der Waals surface area contributed by atoms with E-state index in [1.54, 1.807) is 31.2 Å². The minimum absolute atomic E-state index is 0.0369. The average molecular weight is 301 g/mol. The van der Waals surface area contributed by atoms with Gasteiger partial charge in [0.1, 0.15) is 16.9 Å². The van der Waals surface area contributed by atoms with Crippen molar-refractivity contribution in [2.24, 2.45) is 0 Å². The zero-order valence-electron chi connectivity index (χ0n) is 11.3. The Kier molecular flexibility index (Phi) is 4.22. The number of para-hydroxylation sites is 1. The number of nitrogens with zero attached hydrogens (tertiary/aromatic N) is 1. The Balaban J connectivity index is 2.37. The Morgan fingerprint density at radius 2 is 2.00 bits per heavy atom. The fourth-order valence-electron chi connectivity index (χ4n) is 2.18. The van der Waals surface area contributed by atoms with Crippen molar-refractivity contribution in [1.29, 1.82) is 0 Å². The molecule has 7 heteroatoms. The first-order valence-electron chi connectivity index (χ1n) is 6.34. The summed E-state index contributed by atoms with van der Waals surface area (Å²) in [5.74, 6) is -1.17. The molecule has 0 aliphatic rings. The molecule has 4 nitrogen and oxygen atoms in total. The lowest BCUT2D eigenvalue weighted by atomic mass is 10.1. The average Bonchev–Trinajstić information content (AvgIpc) is 2.74. The van der Waals surface area contributed by atoms with Crippen molar-refractivity contribution >= 4 is 16.9 Å². The molecule has 0 bridgehead atoms. The number of benzene rings is 1. The molecule has 0 saturated heterocycles. The third-order valence-corrected chi connectivity index (χ3v) is 3.10. The molecule has 1 N–H and O–H groups in total. The first kappa shape index (κ1) is 15.4. The molecule has 1 heterocycles. The van der Waals surface area contributed by atoms with Crippen molar-refractivity contribution in [2.45, 2.75) is 19.6 Å². The first-order valence-corrected chi connectivity index (χ1v) is 6.34. The van der Waals surface area contributed by atoms with E-state index < -0.39 is 18.7 Å². The zero-order valence-corrected chi connectivity index (χ0v) is 11.3. The third kappa shape index (κ3) is 3.55. The molecule has 2 rings (SSSR count). The second-order valence-electron chi connectivity index (χ2n) is 4.62. The Morgan fingerprint density at radius 3 is 2.57 bits per heavy atom. The fraction of sp³-hybridized carbons (Fsp3) is 0.357. The van der Waals surface area contributed by atoms with Gasteiger partial charge in [0.05, 0.1) is 13.1 Å². The maximum atomic E-state index is 12.5. The summed E-state index contributed by atoms with van der Waals surface area (Å²) in [6.45, 7) is 0.399. The van der Waals surface area contributed by atoms with Gasteiger partial charge in [-0.05, 0) is 12.6 Å². The van der Waals surface area contributed by atoms with Crippen molar-refractivity contribution in [3.8, 4) is 0 Å². The molecular weight excluding hydrogens is 287 g/mol. The van der Waals surface area contributed by atoms with Gasteiger partial charge in [-0.3, -0.25) is 4.90 Å². The number of hydrogen-bond acceptors (Lipinski definition) is 3. The number of carbonyl (C=O) groups is 1. The van der Waals surface area contributed by atoms with Crippen LogP contribution in [0.4, 0.5) is 13.2 Å². The van der Waals surface area contributed by atoms with Crippen molar-refractivity contribution in [3.63, 3.8) is 0 Å². The van der Waals surface area contributed by atoms with Crippen LogP contribution in [0, 0.1) is 0 Å². The van der Waals surface area contributed by atoms with Crippen LogP contribution >= 0.6 is 0 Å². The monoisotopic (exact) mass is 301 g/mol. The zero-order chi connectivity index (χ0) is 15.6. The summed E-state index contributed by atoms with van der Waals surface area (Å²) in [4.78, 5) is 12.4. The second kappa shape index (κ2) is 5.77. The van der Waals surface area contributed by atoms with Crippen molar-refractivity contribution < 1.29 is 27.5 Å². The van der Waals surface area contributed by atoms with E-state index in [4.69, 9.17) is 4.42 Å². The highest BCUT2D eigenvalue weighted by Gasteiger charge is 2.31. The lowest BCUT2D eigenvalue weighted by Gasteiger charge is -2.20. The van der Waals surface area contributed by atoms with Crippen molar-refractivity contribution in [2.75, 3.05) is 13.1 Å². The van der Waals surface area contributed by atoms with Gasteiger partial charge in [0.15, 0.2) is 0 Å². The SMILES string of the molecule is CCN(Cc1oc2ccccc2c1C(=O)O)CC(F)(F)F. The number of fused-ring (bicyclic) bond motifs is 1. The number of furan rings is 1. The number of carboxylic acids is 1. The van der Waals surface area contributed by atoms with Gasteiger partial charge in [-0.15, -0.1) is 0 Å². The van der Waals surface area contributed by atoms with Gasteiger partial charge in [-0.25, -0.2) is 4.79 Å². The smallest absolute Gasteiger partial charge is 0.401 e. The van der Waals surface area contributed by atoms with Crippen molar-refractivity contribution in [1.82, 2.24) is 4.90 Å². The lowest BCUT2D eigenvalue weighted by Crippen LogP contribution is -2.33. The number of carboxylic acid groups (broad SMARTS) is 1. The van der Waals surface area contributed by atoms with Gasteiger partial charge < -0.3 is 9.52 Å². The van der Waals surface area contributed by atoms with Crippen molar-refractivity contribution in [3.05, 3.63) is 35.6 Å². The number of rotatable bonds is 5. The third-order valence-electron chi connectivity index (χ3n) is 3.10. The number of alkyl halides is 3. The van der Waals surface area contributed by atoms with Gasteiger partial charge in [-0.1, -0.05) is 25.1 Å². The van der Waals surface area contributed by atoms with E-state index in [1.807, 2.05) is 0 Å². The van der Waals surface area contributed by atoms with E-state index in [0.29, 0.717) is 11.0 Å². The Bertz CT molecular complexity index is 648. The standard InChI is InChI=1S/C14H14F3NO3/c1-2-18(8-14(15,16)17)7-11-12(13(19)20)9-5-3-4-6-10(9)21-11/h3-6H,2,7-8H2,1H3,(H,19,20). The molecule has 0 unspecified atom stereocenters. The molecule has 1 aromatic heterocycles. The highest BCUT2D eigenvalue weighted by Crippen LogP contribution is 2.27. The summed E-state index contributed by atoms with van der Waals surface area (Å²) in [6, 6.07) is 6.49. The molecule has 0 atom stereocenters. The molecule has 0 amide bonds. The van der Waals surface area contributed by atoms with E-state index in [1.165, 1.54) is 0 Å². The van der Waals surface area contributed by atoms with E-state index in [2.05, 4.69) is 0 Å². The van der Waals surface area contributed by atoms with Crippen LogP contribution in [0.15, 0.2) is 28.7 Å². The maximum absolute atomic E-state index is 12.5. The molecule has 2 aromatic rings. The molecule has 0 spiro atoms. The molecule has 0 aliphatic heterocycles. The van der Waals surface area contributed by atoms with Gasteiger partial charge in [0.25, 0.3) is 0 Å². The summed E-state index contributed by atoms with van der Waals surface area (Å²) in [5.41, 5.74) is 0.277. The molecule has 0 radical (unpaired) electrons. The molecular formula is C14H14F3NO3. The Labute approximate surface area is 118 Å². The minimum Gasteiger partial charge on any atom is -0.478 e. The van der Waals surface area contributed by atoms with Crippen LogP contribution in [0.2, 0.25) is 0 Å². The van der Waals surface area contributed by atoms with E-state index in [9.17, 15) is 23.1 Å². The van der Waals surface area contributed by atoms with Gasteiger partial charge in [0, 0.05) is 5.39 Å². The Morgan fingerprint density at radius 1 is 1.33 bits per heavy atom. The number of hydrogen-bond donors (Lipinski definition) is 1.